The molecular weight excluding hydrogens is 353 g/mol. The van der Waals surface area contributed by atoms with Crippen molar-refractivity contribution in [2.45, 2.75) is 5.75 Å². The molecule has 1 aliphatic rings. The number of anilines is 1. The maximum absolute atomic E-state index is 13.5. The van der Waals surface area contributed by atoms with E-state index in [-0.39, 0.29) is 17.3 Å². The SMILES string of the molecule is O=C(CSCc1cc(Cl)c2c(c1)OCCO2)Nc1ccccc1F. The molecule has 4 nitrogen and oxygen atoms in total. The quantitative estimate of drug-likeness (QED) is 0.863. The number of carbonyl (C=O) groups is 1. The Hall–Kier alpha value is -1.92. The van der Waals surface area contributed by atoms with Crippen molar-refractivity contribution < 1.29 is 18.7 Å². The second kappa shape index (κ2) is 7.77. The van der Waals surface area contributed by atoms with Crippen LogP contribution >= 0.6 is 23.4 Å². The first-order valence-corrected chi connectivity index (χ1v) is 8.87. The standard InChI is InChI=1S/C17H15ClFNO3S/c18-12-7-11(8-15-17(12)23-6-5-22-15)9-24-10-16(21)20-14-4-2-1-3-13(14)19/h1-4,7-8H,5-6,9-10H2,(H,20,21). The number of nitrogens with one attached hydrogen (secondary N) is 1. The molecule has 0 aliphatic carbocycles. The van der Waals surface area contributed by atoms with E-state index in [4.69, 9.17) is 21.1 Å². The first-order chi connectivity index (χ1) is 11.6. The number of halogens is 2. The smallest absolute Gasteiger partial charge is 0.234 e. The molecule has 1 N–H and O–H groups in total. The van der Waals surface area contributed by atoms with Gasteiger partial charge in [0.15, 0.2) is 11.5 Å². The Morgan fingerprint density at radius 1 is 1.25 bits per heavy atom. The van der Waals surface area contributed by atoms with Crippen molar-refractivity contribution in [2.75, 3.05) is 24.3 Å². The zero-order valence-corrected chi connectivity index (χ0v) is 14.3. The van der Waals surface area contributed by atoms with Crippen molar-refractivity contribution >= 4 is 35.0 Å². The van der Waals surface area contributed by atoms with E-state index >= 15 is 0 Å². The lowest BCUT2D eigenvalue weighted by Crippen LogP contribution is -2.16. The van der Waals surface area contributed by atoms with Gasteiger partial charge in [0.2, 0.25) is 5.91 Å². The average Bonchev–Trinajstić information content (AvgIpc) is 2.57. The number of carbonyl (C=O) groups excluding carboxylic acids is 1. The van der Waals surface area contributed by atoms with Crippen molar-refractivity contribution in [3.8, 4) is 11.5 Å². The van der Waals surface area contributed by atoms with Crippen LogP contribution < -0.4 is 14.8 Å². The van der Waals surface area contributed by atoms with Crippen LogP contribution in [0.15, 0.2) is 36.4 Å². The molecule has 2 aromatic rings. The predicted molar refractivity (Wildman–Crippen MR) is 93.6 cm³/mol. The summed E-state index contributed by atoms with van der Waals surface area (Å²) in [4.78, 5) is 11.9. The van der Waals surface area contributed by atoms with Gasteiger partial charge in [0.1, 0.15) is 19.0 Å². The molecule has 0 unspecified atom stereocenters. The fourth-order valence-corrected chi connectivity index (χ4v) is 3.31. The summed E-state index contributed by atoms with van der Waals surface area (Å²) in [5.41, 5.74) is 1.12. The summed E-state index contributed by atoms with van der Waals surface area (Å²) in [7, 11) is 0. The monoisotopic (exact) mass is 367 g/mol. The fraction of sp³-hybridized carbons (Fsp3) is 0.235. The Labute approximate surface area is 148 Å². The minimum atomic E-state index is -0.450. The van der Waals surface area contributed by atoms with Crippen LogP contribution in [-0.2, 0) is 10.5 Å². The van der Waals surface area contributed by atoms with Gasteiger partial charge in [-0.25, -0.2) is 4.39 Å². The highest BCUT2D eigenvalue weighted by atomic mass is 35.5. The summed E-state index contributed by atoms with van der Waals surface area (Å²) < 4.78 is 24.5. The number of hydrogen-bond donors (Lipinski definition) is 1. The second-order valence-electron chi connectivity index (χ2n) is 5.12. The molecule has 0 aromatic heterocycles. The molecule has 24 heavy (non-hydrogen) atoms. The van der Waals surface area contributed by atoms with E-state index in [2.05, 4.69) is 5.32 Å². The van der Waals surface area contributed by atoms with Gasteiger partial charge in [-0.05, 0) is 29.8 Å². The molecule has 0 saturated heterocycles. The van der Waals surface area contributed by atoms with Crippen molar-refractivity contribution in [2.24, 2.45) is 0 Å². The minimum Gasteiger partial charge on any atom is -0.486 e. The lowest BCUT2D eigenvalue weighted by molar-refractivity contribution is -0.113. The van der Waals surface area contributed by atoms with E-state index in [1.54, 1.807) is 18.2 Å². The van der Waals surface area contributed by atoms with Gasteiger partial charge in [0.05, 0.1) is 16.5 Å². The summed E-state index contributed by atoms with van der Waals surface area (Å²) in [6, 6.07) is 9.74. The van der Waals surface area contributed by atoms with Gasteiger partial charge >= 0.3 is 0 Å². The largest absolute Gasteiger partial charge is 0.486 e. The molecular formula is C17H15ClFNO3S. The Kier molecular flexibility index (Phi) is 5.48. The second-order valence-corrected chi connectivity index (χ2v) is 6.52. The van der Waals surface area contributed by atoms with Crippen molar-refractivity contribution in [3.63, 3.8) is 0 Å². The number of fused-ring (bicyclic) bond motifs is 1. The topological polar surface area (TPSA) is 47.6 Å². The van der Waals surface area contributed by atoms with Crippen LogP contribution in [0.5, 0.6) is 11.5 Å². The van der Waals surface area contributed by atoms with E-state index in [1.165, 1.54) is 23.9 Å². The van der Waals surface area contributed by atoms with E-state index < -0.39 is 5.82 Å². The van der Waals surface area contributed by atoms with Crippen LogP contribution in [0.1, 0.15) is 5.56 Å². The van der Waals surface area contributed by atoms with Crippen molar-refractivity contribution in [3.05, 3.63) is 52.8 Å². The molecule has 0 fully saturated rings. The number of rotatable bonds is 5. The van der Waals surface area contributed by atoms with Gasteiger partial charge in [0, 0.05) is 5.75 Å². The zero-order valence-electron chi connectivity index (χ0n) is 12.7. The number of para-hydroxylation sites is 1. The highest BCUT2D eigenvalue weighted by Gasteiger charge is 2.16. The fourth-order valence-electron chi connectivity index (χ4n) is 2.26. The van der Waals surface area contributed by atoms with Crippen molar-refractivity contribution in [1.29, 1.82) is 0 Å². The van der Waals surface area contributed by atoms with E-state index in [0.29, 0.717) is 35.5 Å². The Morgan fingerprint density at radius 3 is 2.88 bits per heavy atom. The summed E-state index contributed by atoms with van der Waals surface area (Å²) in [6.45, 7) is 0.974. The average molecular weight is 368 g/mol. The molecule has 0 spiro atoms. The Morgan fingerprint density at radius 2 is 2.04 bits per heavy atom. The first-order valence-electron chi connectivity index (χ1n) is 7.33. The van der Waals surface area contributed by atoms with Gasteiger partial charge in [-0.2, -0.15) is 0 Å². The normalized spacial score (nSPS) is 12.8. The van der Waals surface area contributed by atoms with E-state index in [0.717, 1.165) is 5.56 Å². The van der Waals surface area contributed by atoms with Gasteiger partial charge in [0.25, 0.3) is 0 Å². The van der Waals surface area contributed by atoms with Gasteiger partial charge in [-0.1, -0.05) is 23.7 Å². The van der Waals surface area contributed by atoms with E-state index in [1.807, 2.05) is 6.07 Å². The zero-order chi connectivity index (χ0) is 16.9. The molecule has 7 heteroatoms. The van der Waals surface area contributed by atoms with E-state index in [9.17, 15) is 9.18 Å². The third-order valence-corrected chi connectivity index (χ3v) is 4.59. The molecule has 3 rings (SSSR count). The van der Waals surface area contributed by atoms with Gasteiger partial charge in [-0.3, -0.25) is 4.79 Å². The molecule has 2 aromatic carbocycles. The maximum atomic E-state index is 13.5. The summed E-state index contributed by atoms with van der Waals surface area (Å²) in [6.07, 6.45) is 0. The maximum Gasteiger partial charge on any atom is 0.234 e. The molecule has 1 amide bonds. The molecule has 1 heterocycles. The molecule has 0 radical (unpaired) electrons. The molecule has 126 valence electrons. The predicted octanol–water partition coefficient (Wildman–Crippen LogP) is 4.12. The van der Waals surface area contributed by atoms with Gasteiger partial charge < -0.3 is 14.8 Å². The Balaban J connectivity index is 1.54. The highest BCUT2D eigenvalue weighted by Crippen LogP contribution is 2.39. The Bertz CT molecular complexity index is 757. The summed E-state index contributed by atoms with van der Waals surface area (Å²) in [5, 5.41) is 3.05. The number of hydrogen-bond acceptors (Lipinski definition) is 4. The van der Waals surface area contributed by atoms with Crippen LogP contribution in [0, 0.1) is 5.82 Å². The number of ether oxygens (including phenoxy) is 2. The molecule has 0 saturated carbocycles. The van der Waals surface area contributed by atoms with Crippen LogP contribution in [0.3, 0.4) is 0 Å². The van der Waals surface area contributed by atoms with Crippen LogP contribution in [0.4, 0.5) is 10.1 Å². The van der Waals surface area contributed by atoms with Crippen LogP contribution in [0.2, 0.25) is 5.02 Å². The van der Waals surface area contributed by atoms with Crippen LogP contribution in [-0.4, -0.2) is 24.9 Å². The number of thioether (sulfide) groups is 1. The van der Waals surface area contributed by atoms with Crippen LogP contribution in [0.25, 0.3) is 0 Å². The molecule has 0 atom stereocenters. The molecule has 0 bridgehead atoms. The number of benzene rings is 2. The third-order valence-electron chi connectivity index (χ3n) is 3.31. The van der Waals surface area contributed by atoms with Crippen molar-refractivity contribution in [1.82, 2.24) is 0 Å². The number of amides is 1. The lowest BCUT2D eigenvalue weighted by Gasteiger charge is -2.20. The third kappa shape index (κ3) is 4.13. The minimum absolute atomic E-state index is 0.186. The summed E-state index contributed by atoms with van der Waals surface area (Å²) in [5.74, 6) is 1.28. The lowest BCUT2D eigenvalue weighted by atomic mass is 10.2. The highest BCUT2D eigenvalue weighted by molar-refractivity contribution is 7.99. The summed E-state index contributed by atoms with van der Waals surface area (Å²) >= 11 is 7.59. The molecule has 1 aliphatic heterocycles. The van der Waals surface area contributed by atoms with Gasteiger partial charge in [-0.15, -0.1) is 11.8 Å². The first kappa shape index (κ1) is 16.9.